The molecule has 68 valence electrons. The number of nitrogens with zero attached hydrogens (tertiary/aromatic N) is 3. The summed E-state index contributed by atoms with van der Waals surface area (Å²) in [4.78, 5) is 0. The van der Waals surface area contributed by atoms with Gasteiger partial charge in [0.15, 0.2) is 0 Å². The predicted octanol–water partition coefficient (Wildman–Crippen LogP) is 1.47. The maximum absolute atomic E-state index is 5.07. The van der Waals surface area contributed by atoms with E-state index in [4.69, 9.17) is 12.2 Å². The van der Waals surface area contributed by atoms with Crippen molar-refractivity contribution in [2.24, 2.45) is 11.8 Å². The number of tetrazole rings is 1. The predicted molar refractivity (Wildman–Crippen MR) is 49.6 cm³/mol. The van der Waals surface area contributed by atoms with Crippen molar-refractivity contribution in [3.8, 4) is 0 Å². The molecular weight excluding hydrogens is 184 g/mol. The van der Waals surface area contributed by atoms with Crippen molar-refractivity contribution >= 4 is 12.2 Å². The smallest absolute Gasteiger partial charge is 0.238 e. The van der Waals surface area contributed by atoms with Crippen molar-refractivity contribution in [1.29, 1.82) is 0 Å². The number of hydrogen-bond donors (Lipinski definition) is 1. The van der Waals surface area contributed by atoms with Crippen LogP contribution < -0.4 is 0 Å². The third-order valence-electron chi connectivity index (χ3n) is 3.07. The molecule has 1 N–H and O–H groups in total. The Morgan fingerprint density at radius 1 is 1.46 bits per heavy atom. The van der Waals surface area contributed by atoms with Crippen molar-refractivity contribution in [2.75, 3.05) is 0 Å². The lowest BCUT2D eigenvalue weighted by molar-refractivity contribution is 0.382. The van der Waals surface area contributed by atoms with E-state index in [2.05, 4.69) is 27.7 Å². The van der Waals surface area contributed by atoms with E-state index in [-0.39, 0.29) is 0 Å². The van der Waals surface area contributed by atoms with Crippen LogP contribution in [0, 0.1) is 16.6 Å². The lowest BCUT2D eigenvalue weighted by atomic mass is 10.0. The molecule has 1 heterocycles. The first-order valence-corrected chi connectivity index (χ1v) is 4.93. The van der Waals surface area contributed by atoms with Crippen LogP contribution >= 0.6 is 12.2 Å². The van der Waals surface area contributed by atoms with Gasteiger partial charge in [0.05, 0.1) is 6.04 Å². The van der Waals surface area contributed by atoms with Crippen LogP contribution in [0.15, 0.2) is 12.2 Å². The van der Waals surface area contributed by atoms with Crippen molar-refractivity contribution in [3.63, 3.8) is 0 Å². The van der Waals surface area contributed by atoms with Crippen LogP contribution in [0.5, 0.6) is 0 Å². The highest BCUT2D eigenvalue weighted by Crippen LogP contribution is 2.45. The molecule has 2 aliphatic carbocycles. The van der Waals surface area contributed by atoms with Crippen LogP contribution in [0.25, 0.3) is 0 Å². The van der Waals surface area contributed by atoms with Crippen LogP contribution in [0.4, 0.5) is 0 Å². The zero-order valence-corrected chi connectivity index (χ0v) is 7.87. The van der Waals surface area contributed by atoms with Gasteiger partial charge in [-0.15, -0.1) is 0 Å². The number of H-pyrrole nitrogens is 1. The average molecular weight is 194 g/mol. The molecular formula is C8H10N4S. The summed E-state index contributed by atoms with van der Waals surface area (Å²) in [7, 11) is 0. The molecule has 0 aliphatic heterocycles. The Morgan fingerprint density at radius 3 is 2.92 bits per heavy atom. The van der Waals surface area contributed by atoms with Gasteiger partial charge in [-0.25, -0.2) is 4.68 Å². The van der Waals surface area contributed by atoms with Crippen LogP contribution in [0.1, 0.15) is 18.9 Å². The zero-order valence-electron chi connectivity index (χ0n) is 7.05. The number of fused-ring (bicyclic) bond motifs is 2. The highest BCUT2D eigenvalue weighted by Gasteiger charge is 2.37. The van der Waals surface area contributed by atoms with Gasteiger partial charge in [0.2, 0.25) is 4.77 Å². The molecule has 0 spiro atoms. The van der Waals surface area contributed by atoms with Gasteiger partial charge in [-0.05, 0) is 36.9 Å². The second-order valence-corrected chi connectivity index (χ2v) is 4.17. The fourth-order valence-corrected chi connectivity index (χ4v) is 2.69. The summed E-state index contributed by atoms with van der Waals surface area (Å²) in [6.07, 6.45) is 7.06. The number of nitrogens with one attached hydrogen (secondary N) is 1. The third-order valence-corrected chi connectivity index (χ3v) is 3.35. The summed E-state index contributed by atoms with van der Waals surface area (Å²) >= 11 is 5.07. The number of aromatic nitrogens is 4. The van der Waals surface area contributed by atoms with Crippen molar-refractivity contribution in [2.45, 2.75) is 18.9 Å². The molecule has 2 aliphatic rings. The molecule has 1 saturated carbocycles. The Morgan fingerprint density at radius 2 is 2.38 bits per heavy atom. The summed E-state index contributed by atoms with van der Waals surface area (Å²) in [5.74, 6) is 1.39. The van der Waals surface area contributed by atoms with E-state index in [1.54, 1.807) is 0 Å². The molecule has 3 rings (SSSR count). The highest BCUT2D eigenvalue weighted by atomic mass is 32.1. The first-order valence-electron chi connectivity index (χ1n) is 4.52. The Bertz CT molecular complexity index is 404. The maximum atomic E-state index is 5.07. The van der Waals surface area contributed by atoms with Crippen LogP contribution in [-0.4, -0.2) is 20.2 Å². The second-order valence-electron chi connectivity index (χ2n) is 3.80. The van der Waals surface area contributed by atoms with Gasteiger partial charge in [0.25, 0.3) is 0 Å². The first kappa shape index (κ1) is 7.44. The molecule has 1 fully saturated rings. The summed E-state index contributed by atoms with van der Waals surface area (Å²) in [6.45, 7) is 0. The summed E-state index contributed by atoms with van der Waals surface area (Å²) < 4.78 is 2.50. The lowest BCUT2D eigenvalue weighted by Gasteiger charge is -2.17. The summed E-state index contributed by atoms with van der Waals surface area (Å²) in [5.41, 5.74) is 0. The van der Waals surface area contributed by atoms with Gasteiger partial charge < -0.3 is 0 Å². The fraction of sp³-hybridized carbons (Fsp3) is 0.625. The summed E-state index contributed by atoms with van der Waals surface area (Å²) in [5, 5.41) is 10.4. The standard InChI is InChI=1S/C8H10N4S/c13-8-9-10-11-12(8)7-4-5-1-2-6(7)3-5/h1-2,5-7H,3-4H2,(H,9,11,13)/t5-,6+,7+/m1/s1. The monoisotopic (exact) mass is 194 g/mol. The first-order chi connectivity index (χ1) is 6.34. The van der Waals surface area contributed by atoms with Gasteiger partial charge in [-0.3, -0.25) is 0 Å². The quantitative estimate of drug-likeness (QED) is 0.544. The molecule has 2 bridgehead atoms. The highest BCUT2D eigenvalue weighted by molar-refractivity contribution is 7.71. The molecule has 0 unspecified atom stereocenters. The van der Waals surface area contributed by atoms with Crippen LogP contribution in [-0.2, 0) is 0 Å². The van der Waals surface area contributed by atoms with Gasteiger partial charge in [-0.2, -0.15) is 5.21 Å². The Labute approximate surface area is 80.6 Å². The number of rotatable bonds is 1. The van der Waals surface area contributed by atoms with Crippen LogP contribution in [0.2, 0.25) is 0 Å². The van der Waals surface area contributed by atoms with E-state index >= 15 is 0 Å². The number of hydrogen-bond acceptors (Lipinski definition) is 3. The number of aromatic amines is 1. The normalized spacial score (nSPS) is 35.8. The SMILES string of the molecule is S=c1nn[nH]n1[C@H]1C[C@@H]2C=C[C@H]1C2. The van der Waals surface area contributed by atoms with Crippen molar-refractivity contribution < 1.29 is 0 Å². The zero-order chi connectivity index (χ0) is 8.84. The average Bonchev–Trinajstić information content (AvgIpc) is 2.77. The van der Waals surface area contributed by atoms with Crippen LogP contribution in [0.3, 0.4) is 0 Å². The molecule has 0 saturated heterocycles. The largest absolute Gasteiger partial charge is 0.239 e. The minimum atomic E-state index is 0.470. The molecule has 0 radical (unpaired) electrons. The molecule has 13 heavy (non-hydrogen) atoms. The number of allylic oxidation sites excluding steroid dienone is 2. The lowest BCUT2D eigenvalue weighted by Crippen LogP contribution is -2.15. The fourth-order valence-electron chi connectivity index (χ4n) is 2.47. The molecule has 4 nitrogen and oxygen atoms in total. The van der Waals surface area contributed by atoms with E-state index in [0.717, 1.165) is 5.92 Å². The van der Waals surface area contributed by atoms with E-state index in [1.165, 1.54) is 12.8 Å². The molecule has 1 aromatic rings. The van der Waals surface area contributed by atoms with E-state index in [9.17, 15) is 0 Å². The van der Waals surface area contributed by atoms with E-state index < -0.39 is 0 Å². The minimum Gasteiger partial charge on any atom is -0.239 e. The van der Waals surface area contributed by atoms with Crippen molar-refractivity contribution in [1.82, 2.24) is 20.2 Å². The third kappa shape index (κ3) is 0.997. The van der Waals surface area contributed by atoms with Gasteiger partial charge in [0, 0.05) is 0 Å². The minimum absolute atomic E-state index is 0.470. The molecule has 3 atom stereocenters. The Kier molecular flexibility index (Phi) is 1.44. The molecule has 1 aromatic heterocycles. The van der Waals surface area contributed by atoms with Gasteiger partial charge >= 0.3 is 0 Å². The Balaban J connectivity index is 2.00. The Hall–Kier alpha value is -0.970. The molecule has 5 heteroatoms. The topological polar surface area (TPSA) is 46.5 Å². The van der Waals surface area contributed by atoms with Gasteiger partial charge in [-0.1, -0.05) is 22.5 Å². The second kappa shape index (κ2) is 2.51. The molecule has 0 aromatic carbocycles. The maximum Gasteiger partial charge on any atom is 0.238 e. The van der Waals surface area contributed by atoms with Crippen molar-refractivity contribution in [3.05, 3.63) is 16.9 Å². The van der Waals surface area contributed by atoms with E-state index in [1.807, 2.05) is 4.68 Å². The summed E-state index contributed by atoms with van der Waals surface area (Å²) in [6, 6.07) is 0.470. The van der Waals surface area contributed by atoms with E-state index in [0.29, 0.717) is 16.7 Å². The molecule has 0 amide bonds. The van der Waals surface area contributed by atoms with Gasteiger partial charge in [0.1, 0.15) is 0 Å².